The predicted octanol–water partition coefficient (Wildman–Crippen LogP) is 4.51. The van der Waals surface area contributed by atoms with E-state index in [9.17, 15) is 14.7 Å². The number of hydrogen-bond donors (Lipinski definition) is 1. The summed E-state index contributed by atoms with van der Waals surface area (Å²) in [5.74, 6) is -0.647. The third-order valence-electron chi connectivity index (χ3n) is 8.34. The van der Waals surface area contributed by atoms with Crippen LogP contribution in [-0.4, -0.2) is 44.0 Å². The molecule has 4 aliphatic rings. The highest BCUT2D eigenvalue weighted by molar-refractivity contribution is 9.09. The van der Waals surface area contributed by atoms with Gasteiger partial charge in [0.1, 0.15) is 17.3 Å². The Balaban J connectivity index is 1.74. The van der Waals surface area contributed by atoms with E-state index in [1.165, 1.54) is 6.92 Å². The van der Waals surface area contributed by atoms with Crippen LogP contribution in [0.15, 0.2) is 0 Å². The Hall–Kier alpha value is -0.140. The van der Waals surface area contributed by atoms with Crippen molar-refractivity contribution in [2.24, 2.45) is 22.7 Å². The second-order valence-corrected chi connectivity index (χ2v) is 12.9. The first-order chi connectivity index (χ1) is 13.4. The highest BCUT2D eigenvalue weighted by Gasteiger charge is 2.74. The Bertz CT molecular complexity index is 726. The molecule has 4 fully saturated rings. The molecule has 1 heterocycles. The van der Waals surface area contributed by atoms with Crippen molar-refractivity contribution in [2.75, 3.05) is 0 Å². The summed E-state index contributed by atoms with van der Waals surface area (Å²) >= 11 is 7.55. The first-order valence-corrected chi connectivity index (χ1v) is 12.6. The zero-order valence-electron chi connectivity index (χ0n) is 17.7. The van der Waals surface area contributed by atoms with Gasteiger partial charge in [-0.25, -0.2) is 0 Å². The molecular formula is C22H32Br2O5. The van der Waals surface area contributed by atoms with E-state index in [-0.39, 0.29) is 34.0 Å². The Morgan fingerprint density at radius 1 is 1.14 bits per heavy atom. The molecule has 1 aliphatic heterocycles. The maximum absolute atomic E-state index is 13.0. The van der Waals surface area contributed by atoms with E-state index in [1.807, 2.05) is 6.92 Å². The molecule has 0 amide bonds. The van der Waals surface area contributed by atoms with Gasteiger partial charge in [-0.3, -0.25) is 9.59 Å². The van der Waals surface area contributed by atoms with Crippen LogP contribution in [0.25, 0.3) is 0 Å². The van der Waals surface area contributed by atoms with Crippen molar-refractivity contribution in [3.63, 3.8) is 0 Å². The molecule has 5 nitrogen and oxygen atoms in total. The summed E-state index contributed by atoms with van der Waals surface area (Å²) in [4.78, 5) is 25.5. The molecule has 8 atom stereocenters. The molecule has 2 bridgehead atoms. The Morgan fingerprint density at radius 3 is 2.41 bits per heavy atom. The van der Waals surface area contributed by atoms with E-state index in [0.717, 1.165) is 25.7 Å². The fourth-order valence-corrected chi connectivity index (χ4v) is 8.48. The first-order valence-electron chi connectivity index (χ1n) is 10.8. The standard InChI is InChI=1S/C22H32Br2O5/c1-12(25)28-17(21(27)9-7-14(23)19(2,3)11-21)13-5-10-22-15(24)6-8-20(4,16(13)22)29-18(22)26/h13-17,27H,5-11H2,1-4H3/t13-,14+,15+,16-,17-,20-,21-,22+/m1/s1. The molecule has 7 heteroatoms. The lowest BCUT2D eigenvalue weighted by Crippen LogP contribution is -2.59. The molecule has 0 aromatic heterocycles. The van der Waals surface area contributed by atoms with Gasteiger partial charge < -0.3 is 14.6 Å². The lowest BCUT2D eigenvalue weighted by Gasteiger charge is -2.51. The van der Waals surface area contributed by atoms with Crippen molar-refractivity contribution >= 4 is 43.8 Å². The number of esters is 2. The van der Waals surface area contributed by atoms with E-state index >= 15 is 0 Å². The van der Waals surface area contributed by atoms with E-state index in [0.29, 0.717) is 24.1 Å². The number of rotatable bonds is 3. The van der Waals surface area contributed by atoms with Crippen molar-refractivity contribution < 1.29 is 24.2 Å². The topological polar surface area (TPSA) is 72.8 Å². The number of alkyl halides is 2. The van der Waals surface area contributed by atoms with Gasteiger partial charge in [-0.15, -0.1) is 0 Å². The van der Waals surface area contributed by atoms with Gasteiger partial charge in [-0.05, 0) is 57.3 Å². The van der Waals surface area contributed by atoms with E-state index < -0.39 is 22.7 Å². The zero-order chi connectivity index (χ0) is 21.4. The number of aliphatic hydroxyl groups is 1. The average molecular weight is 536 g/mol. The first kappa shape index (κ1) is 22.1. The molecule has 3 aliphatic carbocycles. The quantitative estimate of drug-likeness (QED) is 0.425. The predicted molar refractivity (Wildman–Crippen MR) is 116 cm³/mol. The Morgan fingerprint density at radius 2 is 1.79 bits per heavy atom. The molecule has 3 saturated carbocycles. The van der Waals surface area contributed by atoms with Crippen molar-refractivity contribution in [1.29, 1.82) is 0 Å². The van der Waals surface area contributed by atoms with Crippen LogP contribution in [-0.2, 0) is 19.1 Å². The summed E-state index contributed by atoms with van der Waals surface area (Å²) < 4.78 is 11.9. The van der Waals surface area contributed by atoms with Gasteiger partial charge in [0.25, 0.3) is 0 Å². The van der Waals surface area contributed by atoms with E-state index in [4.69, 9.17) is 9.47 Å². The summed E-state index contributed by atoms with van der Waals surface area (Å²) in [6.45, 7) is 7.73. The third kappa shape index (κ3) is 3.15. The van der Waals surface area contributed by atoms with Gasteiger partial charge in [0.2, 0.25) is 0 Å². The van der Waals surface area contributed by atoms with Crippen LogP contribution in [0.1, 0.15) is 72.6 Å². The second-order valence-electron chi connectivity index (χ2n) is 10.7. The average Bonchev–Trinajstić information content (AvgIpc) is 3.09. The molecule has 164 valence electrons. The number of hydrogen-bond acceptors (Lipinski definition) is 5. The minimum Gasteiger partial charge on any atom is -0.459 e. The maximum atomic E-state index is 13.0. The highest BCUT2D eigenvalue weighted by atomic mass is 79.9. The Kier molecular flexibility index (Phi) is 5.27. The number of halogens is 2. The van der Waals surface area contributed by atoms with E-state index in [2.05, 4.69) is 45.7 Å². The largest absolute Gasteiger partial charge is 0.459 e. The van der Waals surface area contributed by atoms with Crippen LogP contribution in [0.3, 0.4) is 0 Å². The minimum absolute atomic E-state index is 0.0567. The zero-order valence-corrected chi connectivity index (χ0v) is 20.8. The second kappa shape index (κ2) is 6.93. The highest BCUT2D eigenvalue weighted by Crippen LogP contribution is 2.68. The number of ether oxygens (including phenoxy) is 2. The van der Waals surface area contributed by atoms with Gasteiger partial charge in [-0.2, -0.15) is 0 Å². The summed E-state index contributed by atoms with van der Waals surface area (Å²) in [5, 5.41) is 11.9. The van der Waals surface area contributed by atoms with Crippen molar-refractivity contribution in [3.05, 3.63) is 0 Å². The lowest BCUT2D eigenvalue weighted by molar-refractivity contribution is -0.191. The van der Waals surface area contributed by atoms with Gasteiger partial charge in [-0.1, -0.05) is 45.7 Å². The number of carbonyl (C=O) groups is 2. The molecular weight excluding hydrogens is 504 g/mol. The van der Waals surface area contributed by atoms with Crippen molar-refractivity contribution in [1.82, 2.24) is 0 Å². The fraction of sp³-hybridized carbons (Fsp3) is 0.909. The van der Waals surface area contributed by atoms with Gasteiger partial charge in [0.05, 0.1) is 5.41 Å². The van der Waals surface area contributed by atoms with Crippen LogP contribution >= 0.6 is 31.9 Å². The summed E-state index contributed by atoms with van der Waals surface area (Å²) in [5.41, 5.74) is -2.36. The fourth-order valence-electron chi connectivity index (χ4n) is 7.16. The molecule has 1 saturated heterocycles. The van der Waals surface area contributed by atoms with Crippen LogP contribution < -0.4 is 0 Å². The minimum atomic E-state index is -1.10. The summed E-state index contributed by atoms with van der Waals surface area (Å²) in [7, 11) is 0. The van der Waals surface area contributed by atoms with Crippen molar-refractivity contribution in [3.8, 4) is 0 Å². The third-order valence-corrected chi connectivity index (χ3v) is 11.3. The lowest BCUT2D eigenvalue weighted by atomic mass is 9.58. The van der Waals surface area contributed by atoms with Gasteiger partial charge in [0.15, 0.2) is 0 Å². The molecule has 0 aromatic rings. The molecule has 0 spiro atoms. The Labute approximate surface area is 189 Å². The summed E-state index contributed by atoms with van der Waals surface area (Å²) in [6, 6.07) is 0. The molecule has 0 unspecified atom stereocenters. The van der Waals surface area contributed by atoms with Crippen LogP contribution in [0.2, 0.25) is 0 Å². The van der Waals surface area contributed by atoms with Crippen LogP contribution in [0.5, 0.6) is 0 Å². The molecule has 29 heavy (non-hydrogen) atoms. The smallest absolute Gasteiger partial charge is 0.314 e. The van der Waals surface area contributed by atoms with Gasteiger partial charge in [0, 0.05) is 28.4 Å². The maximum Gasteiger partial charge on any atom is 0.314 e. The summed E-state index contributed by atoms with van der Waals surface area (Å²) in [6.07, 6.45) is 4.47. The van der Waals surface area contributed by atoms with Crippen LogP contribution in [0.4, 0.5) is 0 Å². The molecule has 4 rings (SSSR count). The van der Waals surface area contributed by atoms with Crippen LogP contribution in [0, 0.1) is 22.7 Å². The number of carbonyl (C=O) groups excluding carboxylic acids is 2. The molecule has 0 aromatic carbocycles. The van der Waals surface area contributed by atoms with E-state index in [1.54, 1.807) is 0 Å². The normalized spacial score (nSPS) is 49.3. The van der Waals surface area contributed by atoms with Gasteiger partial charge >= 0.3 is 11.9 Å². The van der Waals surface area contributed by atoms with Crippen molar-refractivity contribution in [2.45, 2.75) is 99.6 Å². The molecule has 0 radical (unpaired) electrons. The SMILES string of the molecule is CC(=O)O[C@H]([C@@H]1CC[C@]23C(=O)O[C@](C)(CC[C@@H]2Br)[C@@H]13)[C@@]1(O)CC[C@H](Br)C(C)(C)C1. The molecule has 1 N–H and O–H groups in total. The monoisotopic (exact) mass is 534 g/mol.